The molecule has 128 valence electrons. The zero-order valence-electron chi connectivity index (χ0n) is 12.8. The molecule has 0 bridgehead atoms. The molecule has 0 aliphatic heterocycles. The zero-order chi connectivity index (χ0) is 17.8. The first kappa shape index (κ1) is 18.0. The lowest BCUT2D eigenvalue weighted by molar-refractivity contribution is 0.690. The number of nitrogens with zero attached hydrogens (tertiary/aromatic N) is 2. The summed E-state index contributed by atoms with van der Waals surface area (Å²) in [5.74, 6) is 0.636. The summed E-state index contributed by atoms with van der Waals surface area (Å²) >= 11 is 23.2. The second-order valence-corrected chi connectivity index (χ2v) is 6.91. The molecule has 0 saturated carbocycles. The molecule has 3 rings (SSSR count). The van der Waals surface area contributed by atoms with Gasteiger partial charge in [0.2, 0.25) is 0 Å². The van der Waals surface area contributed by atoms with E-state index in [9.17, 15) is 0 Å². The Kier molecular flexibility index (Phi) is 5.81. The molecule has 0 radical (unpaired) electrons. The average Bonchev–Trinajstić information content (AvgIpc) is 2.99. The fourth-order valence-corrected chi connectivity index (χ4v) is 2.97. The highest BCUT2D eigenvalue weighted by molar-refractivity contribution is 7.80. The van der Waals surface area contributed by atoms with E-state index in [1.165, 1.54) is 0 Å². The number of halogens is 3. The van der Waals surface area contributed by atoms with Crippen LogP contribution in [0, 0.1) is 0 Å². The molecular weight excluding hydrogens is 399 g/mol. The van der Waals surface area contributed by atoms with Crippen molar-refractivity contribution in [3.8, 4) is 0 Å². The summed E-state index contributed by atoms with van der Waals surface area (Å²) < 4.78 is 1.77. The summed E-state index contributed by atoms with van der Waals surface area (Å²) in [7, 11) is 0. The number of anilines is 2. The first-order valence-electron chi connectivity index (χ1n) is 7.30. The number of aromatic nitrogens is 2. The van der Waals surface area contributed by atoms with E-state index in [0.717, 1.165) is 11.3 Å². The van der Waals surface area contributed by atoms with E-state index in [4.69, 9.17) is 47.0 Å². The molecule has 0 unspecified atom stereocenters. The van der Waals surface area contributed by atoms with Gasteiger partial charge in [0, 0.05) is 33.0 Å². The van der Waals surface area contributed by atoms with Crippen LogP contribution in [0.4, 0.5) is 11.5 Å². The van der Waals surface area contributed by atoms with E-state index in [0.29, 0.717) is 32.5 Å². The van der Waals surface area contributed by atoms with E-state index in [1.54, 1.807) is 28.9 Å². The van der Waals surface area contributed by atoms with Gasteiger partial charge in [-0.05, 0) is 54.2 Å². The molecule has 1 aromatic heterocycles. The minimum absolute atomic E-state index is 0.442. The molecular formula is C17H13Cl3N4S. The van der Waals surface area contributed by atoms with Crippen LogP contribution in [0.3, 0.4) is 0 Å². The maximum atomic E-state index is 6.19. The molecule has 0 spiro atoms. The van der Waals surface area contributed by atoms with Gasteiger partial charge < -0.3 is 10.6 Å². The largest absolute Gasteiger partial charge is 0.332 e. The Morgan fingerprint density at radius 1 is 0.960 bits per heavy atom. The van der Waals surface area contributed by atoms with Crippen molar-refractivity contribution in [3.63, 3.8) is 0 Å². The van der Waals surface area contributed by atoms with E-state index in [1.807, 2.05) is 30.5 Å². The van der Waals surface area contributed by atoms with E-state index < -0.39 is 0 Å². The molecule has 0 saturated heterocycles. The smallest absolute Gasteiger partial charge is 0.176 e. The van der Waals surface area contributed by atoms with Gasteiger partial charge in [0.1, 0.15) is 0 Å². The normalized spacial score (nSPS) is 10.5. The lowest BCUT2D eigenvalue weighted by Gasteiger charge is -2.09. The van der Waals surface area contributed by atoms with Crippen molar-refractivity contribution in [1.29, 1.82) is 0 Å². The lowest BCUT2D eigenvalue weighted by Crippen LogP contribution is -2.19. The van der Waals surface area contributed by atoms with Gasteiger partial charge in [-0.25, -0.2) is 0 Å². The number of hydrogen-bond acceptors (Lipinski definition) is 2. The highest BCUT2D eigenvalue weighted by Crippen LogP contribution is 2.22. The predicted molar refractivity (Wildman–Crippen MR) is 109 cm³/mol. The molecule has 2 N–H and O–H groups in total. The highest BCUT2D eigenvalue weighted by Gasteiger charge is 2.06. The van der Waals surface area contributed by atoms with Gasteiger partial charge in [-0.3, -0.25) is 4.68 Å². The summed E-state index contributed by atoms with van der Waals surface area (Å²) in [6.07, 6.45) is 1.85. The maximum Gasteiger partial charge on any atom is 0.176 e. The SMILES string of the molecule is S=C(Nc1ccc(Cl)cc1)Nc1ccn(Cc2ccc(Cl)cc2Cl)n1. The van der Waals surface area contributed by atoms with Gasteiger partial charge in [0.05, 0.1) is 6.54 Å². The summed E-state index contributed by atoms with van der Waals surface area (Å²) in [5, 5.41) is 12.9. The van der Waals surface area contributed by atoms with Gasteiger partial charge in [0.15, 0.2) is 10.9 Å². The molecule has 0 atom stereocenters. The van der Waals surface area contributed by atoms with Crippen LogP contribution in [-0.2, 0) is 6.54 Å². The maximum absolute atomic E-state index is 6.19. The van der Waals surface area contributed by atoms with Crippen LogP contribution in [0.15, 0.2) is 54.7 Å². The van der Waals surface area contributed by atoms with Crippen molar-refractivity contribution >= 4 is 63.6 Å². The number of benzene rings is 2. The second-order valence-electron chi connectivity index (χ2n) is 5.22. The molecule has 3 aromatic rings. The second kappa shape index (κ2) is 8.06. The van der Waals surface area contributed by atoms with Gasteiger partial charge in [-0.15, -0.1) is 0 Å². The van der Waals surface area contributed by atoms with Crippen LogP contribution < -0.4 is 10.6 Å². The minimum atomic E-state index is 0.442. The summed E-state index contributed by atoms with van der Waals surface area (Å²) in [6.45, 7) is 0.537. The monoisotopic (exact) mass is 410 g/mol. The fraction of sp³-hybridized carbons (Fsp3) is 0.0588. The Morgan fingerprint density at radius 2 is 1.68 bits per heavy atom. The van der Waals surface area contributed by atoms with Crippen LogP contribution in [0.2, 0.25) is 15.1 Å². The third kappa shape index (κ3) is 5.09. The molecule has 1 heterocycles. The van der Waals surface area contributed by atoms with Crippen LogP contribution in [0.5, 0.6) is 0 Å². The highest BCUT2D eigenvalue weighted by atomic mass is 35.5. The quantitative estimate of drug-likeness (QED) is 0.540. The van der Waals surface area contributed by atoms with Crippen molar-refractivity contribution in [2.75, 3.05) is 10.6 Å². The van der Waals surface area contributed by atoms with Crippen molar-refractivity contribution < 1.29 is 0 Å². The van der Waals surface area contributed by atoms with Crippen LogP contribution in [-0.4, -0.2) is 14.9 Å². The molecule has 25 heavy (non-hydrogen) atoms. The number of nitrogens with one attached hydrogen (secondary N) is 2. The Bertz CT molecular complexity index is 893. The number of hydrogen-bond donors (Lipinski definition) is 2. The molecule has 8 heteroatoms. The van der Waals surface area contributed by atoms with Crippen molar-refractivity contribution in [2.24, 2.45) is 0 Å². The molecule has 0 amide bonds. The Morgan fingerprint density at radius 3 is 2.40 bits per heavy atom. The van der Waals surface area contributed by atoms with Gasteiger partial charge >= 0.3 is 0 Å². The van der Waals surface area contributed by atoms with Gasteiger partial charge in [-0.2, -0.15) is 5.10 Å². The van der Waals surface area contributed by atoms with Crippen LogP contribution in [0.25, 0.3) is 0 Å². The summed E-state index contributed by atoms with van der Waals surface area (Å²) in [4.78, 5) is 0. The molecule has 0 aliphatic carbocycles. The zero-order valence-corrected chi connectivity index (χ0v) is 15.9. The van der Waals surface area contributed by atoms with Crippen LogP contribution >= 0.6 is 47.0 Å². The summed E-state index contributed by atoms with van der Waals surface area (Å²) in [5.41, 5.74) is 1.77. The summed E-state index contributed by atoms with van der Waals surface area (Å²) in [6, 6.07) is 14.5. The topological polar surface area (TPSA) is 41.9 Å². The predicted octanol–water partition coefficient (Wildman–Crippen LogP) is 5.70. The first-order chi connectivity index (χ1) is 12.0. The van der Waals surface area contributed by atoms with Gasteiger partial charge in [-0.1, -0.05) is 40.9 Å². The Hall–Kier alpha value is -1.79. The third-order valence-corrected chi connectivity index (χ3v) is 4.37. The molecule has 0 aliphatic rings. The molecule has 4 nitrogen and oxygen atoms in total. The Balaban J connectivity index is 1.61. The minimum Gasteiger partial charge on any atom is -0.332 e. The molecule has 2 aromatic carbocycles. The van der Waals surface area contributed by atoms with E-state index >= 15 is 0 Å². The average molecular weight is 412 g/mol. The Labute approximate surface area is 165 Å². The number of rotatable bonds is 4. The fourth-order valence-electron chi connectivity index (χ4n) is 2.15. The lowest BCUT2D eigenvalue weighted by atomic mass is 10.2. The standard InChI is InChI=1S/C17H13Cl3N4S/c18-12-3-5-14(6-4-12)21-17(25)22-16-7-8-24(23-16)10-11-1-2-13(19)9-15(11)20/h1-9H,10H2,(H2,21,22,23,25). The van der Waals surface area contributed by atoms with Gasteiger partial charge in [0.25, 0.3) is 0 Å². The first-order valence-corrected chi connectivity index (χ1v) is 8.85. The van der Waals surface area contributed by atoms with E-state index in [2.05, 4.69) is 15.7 Å². The third-order valence-electron chi connectivity index (χ3n) is 3.33. The van der Waals surface area contributed by atoms with Crippen molar-refractivity contribution in [1.82, 2.24) is 9.78 Å². The molecule has 0 fully saturated rings. The van der Waals surface area contributed by atoms with E-state index in [-0.39, 0.29) is 0 Å². The van der Waals surface area contributed by atoms with Crippen molar-refractivity contribution in [2.45, 2.75) is 6.54 Å². The van der Waals surface area contributed by atoms with Crippen molar-refractivity contribution in [3.05, 3.63) is 75.4 Å². The number of thiocarbonyl (C=S) groups is 1. The van der Waals surface area contributed by atoms with Crippen LogP contribution in [0.1, 0.15) is 5.56 Å².